The Kier molecular flexibility index (Phi) is 6.46. The van der Waals surface area contributed by atoms with Gasteiger partial charge in [-0.1, -0.05) is 38.4 Å². The van der Waals surface area contributed by atoms with Crippen molar-refractivity contribution in [1.82, 2.24) is 0 Å². The van der Waals surface area contributed by atoms with Crippen molar-refractivity contribution in [3.8, 4) is 0 Å². The van der Waals surface area contributed by atoms with Crippen molar-refractivity contribution in [1.29, 1.82) is 0 Å². The lowest BCUT2D eigenvalue weighted by atomic mass is 9.92. The van der Waals surface area contributed by atoms with Crippen LogP contribution in [0.15, 0.2) is 39.8 Å². The molecular formula is C18H22Br2O3. The van der Waals surface area contributed by atoms with Crippen molar-refractivity contribution < 1.29 is 14.3 Å². The molecule has 23 heavy (non-hydrogen) atoms. The van der Waals surface area contributed by atoms with Gasteiger partial charge in [0.25, 0.3) is 0 Å². The summed E-state index contributed by atoms with van der Waals surface area (Å²) < 4.78 is 13.7. The lowest BCUT2D eigenvalue weighted by molar-refractivity contribution is -0.149. The van der Waals surface area contributed by atoms with Crippen molar-refractivity contribution in [2.75, 3.05) is 0 Å². The first-order valence-corrected chi connectivity index (χ1v) is 9.36. The molecule has 0 amide bonds. The first kappa shape index (κ1) is 18.7. The fraction of sp³-hybridized carbons (Fsp3) is 0.500. The number of rotatable bonds is 5. The van der Waals surface area contributed by atoms with Crippen molar-refractivity contribution >= 4 is 37.8 Å². The topological polar surface area (TPSA) is 35.5 Å². The molecule has 1 fully saturated rings. The summed E-state index contributed by atoms with van der Waals surface area (Å²) in [4.78, 5) is 11.3. The fourth-order valence-electron chi connectivity index (χ4n) is 2.87. The number of ether oxygens (including phenoxy) is 2. The number of esters is 1. The highest BCUT2D eigenvalue weighted by Crippen LogP contribution is 2.34. The minimum absolute atomic E-state index is 0.0107. The van der Waals surface area contributed by atoms with Crippen LogP contribution in [0.5, 0.6) is 0 Å². The molecule has 0 bridgehead atoms. The Hall–Kier alpha value is -0.650. The Balaban J connectivity index is 1.94. The average Bonchev–Trinajstić information content (AvgIpc) is 2.48. The minimum Gasteiger partial charge on any atom is -0.459 e. The van der Waals surface area contributed by atoms with Crippen LogP contribution in [-0.4, -0.2) is 18.2 Å². The number of hydrogen-bond donors (Lipinski definition) is 0. The third-order valence-electron chi connectivity index (χ3n) is 4.09. The van der Waals surface area contributed by atoms with Crippen molar-refractivity contribution in [3.63, 3.8) is 0 Å². The van der Waals surface area contributed by atoms with E-state index in [2.05, 4.69) is 64.4 Å². The number of hydrogen-bond acceptors (Lipinski definition) is 3. The van der Waals surface area contributed by atoms with Crippen LogP contribution in [0.25, 0.3) is 0 Å². The molecule has 0 N–H and O–H groups in total. The van der Waals surface area contributed by atoms with E-state index in [-0.39, 0.29) is 23.8 Å². The summed E-state index contributed by atoms with van der Waals surface area (Å²) in [5.74, 6) is -0.339. The van der Waals surface area contributed by atoms with E-state index in [0.717, 1.165) is 40.2 Å². The Morgan fingerprint density at radius 1 is 1.13 bits per heavy atom. The van der Waals surface area contributed by atoms with Crippen molar-refractivity contribution in [3.05, 3.63) is 45.4 Å². The van der Waals surface area contributed by atoms with E-state index in [4.69, 9.17) is 9.47 Å². The van der Waals surface area contributed by atoms with E-state index >= 15 is 0 Å². The van der Waals surface area contributed by atoms with Gasteiger partial charge in [0.05, 0.1) is 11.7 Å². The molecule has 0 spiro atoms. The van der Waals surface area contributed by atoms with Gasteiger partial charge < -0.3 is 9.47 Å². The number of carbonyl (C=O) groups excluding carboxylic acids is 1. The number of carbonyl (C=O) groups is 1. The van der Waals surface area contributed by atoms with Crippen LogP contribution in [0.3, 0.4) is 0 Å². The van der Waals surface area contributed by atoms with Crippen LogP contribution in [0.4, 0.5) is 0 Å². The molecule has 2 rings (SSSR count). The highest BCUT2D eigenvalue weighted by atomic mass is 79.9. The minimum atomic E-state index is -0.373. The molecule has 1 saturated carbocycles. The zero-order valence-electron chi connectivity index (χ0n) is 13.5. The van der Waals surface area contributed by atoms with E-state index < -0.39 is 0 Å². The third kappa shape index (κ3) is 5.44. The van der Waals surface area contributed by atoms with Gasteiger partial charge in [-0.3, -0.25) is 0 Å². The Bertz CT molecular complexity index is 555. The molecule has 0 aromatic heterocycles. The molecule has 0 radical (unpaired) electrons. The molecular weight excluding hydrogens is 424 g/mol. The first-order chi connectivity index (χ1) is 10.8. The Morgan fingerprint density at radius 3 is 2.17 bits per heavy atom. The SMILES string of the molecule is C=CC(=O)OC1CCC(OC(C)(C)c2cc(Br)cc(Br)c2)CC1. The summed E-state index contributed by atoms with van der Waals surface area (Å²) in [5.41, 5.74) is 0.751. The van der Waals surface area contributed by atoms with Crippen LogP contribution >= 0.6 is 31.9 Å². The lowest BCUT2D eigenvalue weighted by Crippen LogP contribution is -2.33. The van der Waals surface area contributed by atoms with Crippen LogP contribution < -0.4 is 0 Å². The highest BCUT2D eigenvalue weighted by Gasteiger charge is 2.30. The summed E-state index contributed by atoms with van der Waals surface area (Å²) in [6, 6.07) is 6.18. The largest absolute Gasteiger partial charge is 0.459 e. The quantitative estimate of drug-likeness (QED) is 0.443. The molecule has 0 aliphatic heterocycles. The zero-order valence-corrected chi connectivity index (χ0v) is 16.7. The van der Waals surface area contributed by atoms with E-state index in [1.807, 2.05) is 6.07 Å². The summed E-state index contributed by atoms with van der Waals surface area (Å²) in [6.07, 6.45) is 4.85. The van der Waals surface area contributed by atoms with E-state index in [9.17, 15) is 4.79 Å². The van der Waals surface area contributed by atoms with Gasteiger partial charge in [-0.15, -0.1) is 0 Å². The van der Waals surface area contributed by atoms with Gasteiger partial charge in [0.2, 0.25) is 0 Å². The molecule has 1 aliphatic rings. The predicted octanol–water partition coefficient (Wildman–Crippen LogP) is 5.50. The van der Waals surface area contributed by atoms with E-state index in [1.54, 1.807) is 0 Å². The standard InChI is InChI=1S/C18H22Br2O3/c1-4-17(21)22-15-5-7-16(8-6-15)23-18(2,3)12-9-13(19)11-14(20)10-12/h4,9-11,15-16H,1,5-8H2,2-3H3. The molecule has 126 valence electrons. The monoisotopic (exact) mass is 444 g/mol. The summed E-state index contributed by atoms with van der Waals surface area (Å²) in [7, 11) is 0. The second kappa shape index (κ2) is 7.95. The first-order valence-electron chi connectivity index (χ1n) is 7.77. The third-order valence-corrected chi connectivity index (χ3v) is 5.01. The van der Waals surface area contributed by atoms with Crippen molar-refractivity contribution in [2.45, 2.75) is 57.3 Å². The molecule has 1 aromatic carbocycles. The number of benzene rings is 1. The van der Waals surface area contributed by atoms with E-state index in [1.165, 1.54) is 6.08 Å². The van der Waals surface area contributed by atoms with Gasteiger partial charge in [-0.25, -0.2) is 4.79 Å². The average molecular weight is 446 g/mol. The zero-order chi connectivity index (χ0) is 17.0. The Morgan fingerprint density at radius 2 is 1.65 bits per heavy atom. The fourth-order valence-corrected chi connectivity index (χ4v) is 4.16. The molecule has 0 heterocycles. The van der Waals surface area contributed by atoms with Gasteiger partial charge in [-0.05, 0) is 63.3 Å². The molecule has 0 unspecified atom stereocenters. The maximum Gasteiger partial charge on any atom is 0.330 e. The maximum absolute atomic E-state index is 11.3. The molecule has 1 aromatic rings. The van der Waals surface area contributed by atoms with Gasteiger partial charge in [0, 0.05) is 15.0 Å². The summed E-state index contributed by atoms with van der Waals surface area (Å²) in [5, 5.41) is 0. The predicted molar refractivity (Wildman–Crippen MR) is 98.3 cm³/mol. The Labute approximate surface area is 154 Å². The summed E-state index contributed by atoms with van der Waals surface area (Å²) >= 11 is 7.05. The van der Waals surface area contributed by atoms with Crippen LogP contribution in [0.2, 0.25) is 0 Å². The molecule has 1 aliphatic carbocycles. The van der Waals surface area contributed by atoms with E-state index in [0.29, 0.717) is 0 Å². The highest BCUT2D eigenvalue weighted by molar-refractivity contribution is 9.11. The van der Waals surface area contributed by atoms with Gasteiger partial charge in [-0.2, -0.15) is 0 Å². The lowest BCUT2D eigenvalue weighted by Gasteiger charge is -2.35. The smallest absolute Gasteiger partial charge is 0.330 e. The number of halogens is 2. The van der Waals surface area contributed by atoms with Gasteiger partial charge in [0.15, 0.2) is 0 Å². The van der Waals surface area contributed by atoms with Crippen molar-refractivity contribution in [2.24, 2.45) is 0 Å². The molecule has 0 atom stereocenters. The van der Waals surface area contributed by atoms with Gasteiger partial charge >= 0.3 is 5.97 Å². The molecule has 5 heteroatoms. The second-order valence-electron chi connectivity index (χ2n) is 6.33. The normalized spacial score (nSPS) is 21.7. The maximum atomic E-state index is 11.3. The van der Waals surface area contributed by atoms with Gasteiger partial charge in [0.1, 0.15) is 6.10 Å². The van der Waals surface area contributed by atoms with Crippen LogP contribution in [-0.2, 0) is 19.9 Å². The molecule has 0 saturated heterocycles. The molecule has 3 nitrogen and oxygen atoms in total. The summed E-state index contributed by atoms with van der Waals surface area (Å²) in [6.45, 7) is 7.61. The van der Waals surface area contributed by atoms with Crippen LogP contribution in [0, 0.1) is 0 Å². The van der Waals surface area contributed by atoms with Crippen LogP contribution in [0.1, 0.15) is 45.1 Å². The second-order valence-corrected chi connectivity index (χ2v) is 8.16.